The van der Waals surface area contributed by atoms with Crippen LogP contribution < -0.4 is 10.6 Å². The van der Waals surface area contributed by atoms with Crippen LogP contribution in [0.2, 0.25) is 0 Å². The Balaban J connectivity index is 1.45. The summed E-state index contributed by atoms with van der Waals surface area (Å²) in [6.45, 7) is 0. The summed E-state index contributed by atoms with van der Waals surface area (Å²) in [6.07, 6.45) is 5.23. The number of halogens is 1. The van der Waals surface area contributed by atoms with Crippen molar-refractivity contribution in [3.8, 4) is 0 Å². The van der Waals surface area contributed by atoms with Crippen molar-refractivity contribution in [1.82, 2.24) is 10.2 Å². The standard InChI is InChI=1S/C17H19FN4O2S2/c18-12-7-4-8-13(9-12)19-14(23)10-25-17-22-21-16(26-17)20-15(24)11-5-2-1-3-6-11/h4,7-9,11H,1-3,5-6,10H2,(H,19,23)(H,20,21,24). The van der Waals surface area contributed by atoms with E-state index in [-0.39, 0.29) is 23.5 Å². The molecule has 2 amide bonds. The van der Waals surface area contributed by atoms with Gasteiger partial charge in [0.05, 0.1) is 5.75 Å². The van der Waals surface area contributed by atoms with Crippen molar-refractivity contribution < 1.29 is 14.0 Å². The molecular weight excluding hydrogens is 375 g/mol. The third-order valence-corrected chi connectivity index (χ3v) is 6.02. The minimum atomic E-state index is -0.405. The van der Waals surface area contributed by atoms with E-state index in [4.69, 9.17) is 0 Å². The summed E-state index contributed by atoms with van der Waals surface area (Å²) in [7, 11) is 0. The first kappa shape index (κ1) is 18.8. The molecule has 0 saturated heterocycles. The minimum Gasteiger partial charge on any atom is -0.325 e. The van der Waals surface area contributed by atoms with Gasteiger partial charge >= 0.3 is 0 Å². The van der Waals surface area contributed by atoms with Gasteiger partial charge in [0, 0.05) is 11.6 Å². The Morgan fingerprint density at radius 1 is 1.19 bits per heavy atom. The van der Waals surface area contributed by atoms with E-state index in [1.807, 2.05) is 0 Å². The van der Waals surface area contributed by atoms with Gasteiger partial charge in [0.15, 0.2) is 4.34 Å². The molecule has 2 aromatic rings. The average molecular weight is 394 g/mol. The highest BCUT2D eigenvalue weighted by Gasteiger charge is 2.22. The predicted octanol–water partition coefficient (Wildman–Crippen LogP) is 3.93. The summed E-state index contributed by atoms with van der Waals surface area (Å²) in [5, 5.41) is 13.8. The topological polar surface area (TPSA) is 84.0 Å². The molecule has 1 fully saturated rings. The minimum absolute atomic E-state index is 0.00115. The SMILES string of the molecule is O=C(CSc1nnc(NC(=O)C2CCCCC2)s1)Nc1cccc(F)c1. The Bertz CT molecular complexity index is 778. The molecule has 26 heavy (non-hydrogen) atoms. The summed E-state index contributed by atoms with van der Waals surface area (Å²) >= 11 is 2.47. The van der Waals surface area contributed by atoms with E-state index < -0.39 is 5.82 Å². The molecule has 6 nitrogen and oxygen atoms in total. The lowest BCUT2D eigenvalue weighted by Crippen LogP contribution is -2.24. The molecule has 9 heteroatoms. The number of carbonyl (C=O) groups excluding carboxylic acids is 2. The molecule has 1 aliphatic carbocycles. The lowest BCUT2D eigenvalue weighted by molar-refractivity contribution is -0.120. The highest BCUT2D eigenvalue weighted by Crippen LogP contribution is 2.28. The van der Waals surface area contributed by atoms with E-state index in [0.717, 1.165) is 25.7 Å². The number of anilines is 2. The monoisotopic (exact) mass is 394 g/mol. The summed E-state index contributed by atoms with van der Waals surface area (Å²) in [5.74, 6) is -0.481. The van der Waals surface area contributed by atoms with Gasteiger partial charge in [0.25, 0.3) is 0 Å². The Morgan fingerprint density at radius 2 is 2.00 bits per heavy atom. The average Bonchev–Trinajstić information content (AvgIpc) is 3.08. The smallest absolute Gasteiger partial charge is 0.234 e. The molecule has 0 radical (unpaired) electrons. The maximum absolute atomic E-state index is 13.1. The maximum atomic E-state index is 13.1. The number of nitrogens with zero attached hydrogens (tertiary/aromatic N) is 2. The van der Waals surface area contributed by atoms with Crippen molar-refractivity contribution in [3.63, 3.8) is 0 Å². The van der Waals surface area contributed by atoms with Crippen LogP contribution in [-0.4, -0.2) is 27.8 Å². The van der Waals surface area contributed by atoms with Crippen LogP contribution in [0, 0.1) is 11.7 Å². The van der Waals surface area contributed by atoms with Gasteiger partial charge in [-0.05, 0) is 31.0 Å². The lowest BCUT2D eigenvalue weighted by Gasteiger charge is -2.19. The highest BCUT2D eigenvalue weighted by atomic mass is 32.2. The first-order valence-electron chi connectivity index (χ1n) is 8.43. The zero-order valence-electron chi connectivity index (χ0n) is 14.0. The van der Waals surface area contributed by atoms with Crippen LogP contribution in [0.4, 0.5) is 15.2 Å². The molecular formula is C17H19FN4O2S2. The van der Waals surface area contributed by atoms with Gasteiger partial charge in [0.2, 0.25) is 16.9 Å². The Labute approximate surface area is 159 Å². The zero-order valence-corrected chi connectivity index (χ0v) is 15.7. The van der Waals surface area contributed by atoms with Crippen molar-refractivity contribution in [3.05, 3.63) is 30.1 Å². The summed E-state index contributed by atoms with van der Waals surface area (Å²) in [6, 6.07) is 5.72. The zero-order chi connectivity index (χ0) is 18.4. The van der Waals surface area contributed by atoms with Crippen molar-refractivity contribution in [2.45, 2.75) is 36.4 Å². The van der Waals surface area contributed by atoms with Crippen molar-refractivity contribution in [2.75, 3.05) is 16.4 Å². The second-order valence-corrected chi connectivity index (χ2v) is 8.24. The molecule has 0 spiro atoms. The number of thioether (sulfide) groups is 1. The van der Waals surface area contributed by atoms with Gasteiger partial charge in [0.1, 0.15) is 5.82 Å². The van der Waals surface area contributed by atoms with Crippen LogP contribution in [0.1, 0.15) is 32.1 Å². The number of amides is 2. The molecule has 0 bridgehead atoms. The van der Waals surface area contributed by atoms with E-state index in [9.17, 15) is 14.0 Å². The van der Waals surface area contributed by atoms with Crippen molar-refractivity contribution >= 4 is 45.7 Å². The number of hydrogen-bond donors (Lipinski definition) is 2. The molecule has 0 aliphatic heterocycles. The van der Waals surface area contributed by atoms with E-state index in [2.05, 4.69) is 20.8 Å². The molecule has 1 saturated carbocycles. The van der Waals surface area contributed by atoms with Crippen molar-refractivity contribution in [2.24, 2.45) is 5.92 Å². The number of nitrogens with one attached hydrogen (secondary N) is 2. The second kappa shape index (κ2) is 9.09. The van der Waals surface area contributed by atoms with Gasteiger partial charge in [-0.25, -0.2) is 4.39 Å². The largest absolute Gasteiger partial charge is 0.325 e. The van der Waals surface area contributed by atoms with Crippen LogP contribution in [-0.2, 0) is 9.59 Å². The fourth-order valence-corrected chi connectivity index (χ4v) is 4.34. The summed E-state index contributed by atoms with van der Waals surface area (Å²) in [4.78, 5) is 24.1. The molecule has 138 valence electrons. The number of carbonyl (C=O) groups is 2. The van der Waals surface area contributed by atoms with E-state index in [1.165, 1.54) is 47.7 Å². The van der Waals surface area contributed by atoms with Gasteiger partial charge in [-0.3, -0.25) is 9.59 Å². The van der Waals surface area contributed by atoms with Crippen LogP contribution in [0.5, 0.6) is 0 Å². The normalized spacial score (nSPS) is 14.8. The van der Waals surface area contributed by atoms with Gasteiger partial charge in [-0.1, -0.05) is 48.4 Å². The molecule has 1 heterocycles. The summed E-state index contributed by atoms with van der Waals surface area (Å²) in [5.41, 5.74) is 0.410. The van der Waals surface area contributed by atoms with Crippen molar-refractivity contribution in [1.29, 1.82) is 0 Å². The second-order valence-electron chi connectivity index (χ2n) is 6.04. The highest BCUT2D eigenvalue weighted by molar-refractivity contribution is 8.01. The molecule has 1 aromatic heterocycles. The fraction of sp³-hybridized carbons (Fsp3) is 0.412. The molecule has 1 aliphatic rings. The fourth-order valence-electron chi connectivity index (χ4n) is 2.78. The molecule has 0 atom stereocenters. The quantitative estimate of drug-likeness (QED) is 0.573. The number of aromatic nitrogens is 2. The Hall–Kier alpha value is -2.00. The van der Waals surface area contributed by atoms with Gasteiger partial charge in [-0.15, -0.1) is 10.2 Å². The number of benzene rings is 1. The van der Waals surface area contributed by atoms with E-state index >= 15 is 0 Å². The molecule has 1 aromatic carbocycles. The maximum Gasteiger partial charge on any atom is 0.234 e. The third kappa shape index (κ3) is 5.50. The van der Waals surface area contributed by atoms with Crippen LogP contribution >= 0.6 is 23.1 Å². The first-order chi connectivity index (χ1) is 12.6. The third-order valence-electron chi connectivity index (χ3n) is 4.05. The first-order valence-corrected chi connectivity index (χ1v) is 10.2. The Morgan fingerprint density at radius 3 is 2.77 bits per heavy atom. The number of rotatable bonds is 6. The lowest BCUT2D eigenvalue weighted by atomic mass is 9.89. The predicted molar refractivity (Wildman–Crippen MR) is 101 cm³/mol. The number of hydrogen-bond acceptors (Lipinski definition) is 6. The van der Waals surface area contributed by atoms with Crippen LogP contribution in [0.3, 0.4) is 0 Å². The summed E-state index contributed by atoms with van der Waals surface area (Å²) < 4.78 is 13.7. The molecule has 0 unspecified atom stereocenters. The van der Waals surface area contributed by atoms with Gasteiger partial charge in [-0.2, -0.15) is 0 Å². The van der Waals surface area contributed by atoms with Gasteiger partial charge < -0.3 is 10.6 Å². The van der Waals surface area contributed by atoms with Crippen LogP contribution in [0.25, 0.3) is 0 Å². The van der Waals surface area contributed by atoms with E-state index in [0.29, 0.717) is 15.2 Å². The van der Waals surface area contributed by atoms with E-state index in [1.54, 1.807) is 6.07 Å². The molecule has 3 rings (SSSR count). The molecule has 2 N–H and O–H groups in total. The Kier molecular flexibility index (Phi) is 6.56. The van der Waals surface area contributed by atoms with Crippen LogP contribution in [0.15, 0.2) is 28.6 Å².